The molecule has 4 rings (SSSR count). The maximum atomic E-state index is 13.3. The Labute approximate surface area is 212 Å². The Hall–Kier alpha value is -3.21. The van der Waals surface area contributed by atoms with Crippen LogP contribution in [-0.2, 0) is 20.0 Å². The smallest absolute Gasteiger partial charge is 0.261 e. The van der Waals surface area contributed by atoms with E-state index in [1.54, 1.807) is 66.4 Å². The van der Waals surface area contributed by atoms with E-state index in [2.05, 4.69) is 4.72 Å². The number of piperazine rings is 1. The minimum absolute atomic E-state index is 0.134. The Kier molecular flexibility index (Phi) is 7.21. The van der Waals surface area contributed by atoms with Crippen LogP contribution in [0.5, 0.6) is 0 Å². The van der Waals surface area contributed by atoms with Gasteiger partial charge < -0.3 is 4.90 Å². The molecule has 0 aliphatic carbocycles. The Morgan fingerprint density at radius 1 is 0.722 bits per heavy atom. The largest absolute Gasteiger partial charge is 0.336 e. The zero-order valence-electron chi connectivity index (χ0n) is 20.4. The summed E-state index contributed by atoms with van der Waals surface area (Å²) in [6.45, 7) is 6.30. The number of hydrogen-bond donors (Lipinski definition) is 1. The van der Waals surface area contributed by atoms with Gasteiger partial charge >= 0.3 is 0 Å². The predicted molar refractivity (Wildman–Crippen MR) is 139 cm³/mol. The first-order chi connectivity index (χ1) is 17.0. The lowest BCUT2D eigenvalue weighted by Crippen LogP contribution is -2.50. The average Bonchev–Trinajstić information content (AvgIpc) is 2.85. The van der Waals surface area contributed by atoms with Gasteiger partial charge in [0.1, 0.15) is 0 Å². The summed E-state index contributed by atoms with van der Waals surface area (Å²) in [6, 6.07) is 18.1. The van der Waals surface area contributed by atoms with Gasteiger partial charge in [-0.25, -0.2) is 16.8 Å². The maximum absolute atomic E-state index is 13.3. The van der Waals surface area contributed by atoms with E-state index in [-0.39, 0.29) is 41.9 Å². The minimum atomic E-state index is -3.82. The van der Waals surface area contributed by atoms with Crippen LogP contribution in [0, 0.1) is 20.8 Å². The molecule has 3 aromatic carbocycles. The molecule has 0 bridgehead atoms. The van der Waals surface area contributed by atoms with E-state index in [1.165, 1.54) is 16.4 Å². The van der Waals surface area contributed by atoms with E-state index in [0.29, 0.717) is 16.8 Å². The van der Waals surface area contributed by atoms with Crippen LogP contribution >= 0.6 is 0 Å². The van der Waals surface area contributed by atoms with Crippen molar-refractivity contribution in [3.8, 4) is 0 Å². The second kappa shape index (κ2) is 10.0. The van der Waals surface area contributed by atoms with Crippen LogP contribution < -0.4 is 4.72 Å². The Morgan fingerprint density at radius 2 is 1.25 bits per heavy atom. The molecule has 3 aromatic rings. The number of sulfonamides is 2. The van der Waals surface area contributed by atoms with Crippen molar-refractivity contribution in [2.24, 2.45) is 0 Å². The molecule has 1 saturated heterocycles. The van der Waals surface area contributed by atoms with Crippen LogP contribution in [0.25, 0.3) is 0 Å². The third-order valence-corrected chi connectivity index (χ3v) is 9.62. The summed E-state index contributed by atoms with van der Waals surface area (Å²) in [5, 5.41) is 0. The molecule has 10 heteroatoms. The van der Waals surface area contributed by atoms with E-state index in [4.69, 9.17) is 0 Å². The molecule has 1 fully saturated rings. The van der Waals surface area contributed by atoms with Gasteiger partial charge in [0, 0.05) is 31.7 Å². The molecule has 0 unspecified atom stereocenters. The van der Waals surface area contributed by atoms with Crippen molar-refractivity contribution in [1.82, 2.24) is 9.21 Å². The lowest BCUT2D eigenvalue weighted by Gasteiger charge is -2.34. The van der Waals surface area contributed by atoms with Crippen LogP contribution in [0.1, 0.15) is 27.0 Å². The number of nitrogens with one attached hydrogen (secondary N) is 1. The maximum Gasteiger partial charge on any atom is 0.261 e. The van der Waals surface area contributed by atoms with Crippen LogP contribution in [0.4, 0.5) is 5.69 Å². The van der Waals surface area contributed by atoms with Gasteiger partial charge in [-0.1, -0.05) is 41.5 Å². The van der Waals surface area contributed by atoms with Gasteiger partial charge in [-0.15, -0.1) is 0 Å². The topological polar surface area (TPSA) is 104 Å². The van der Waals surface area contributed by atoms with Crippen LogP contribution in [0.2, 0.25) is 0 Å². The molecule has 0 aromatic heterocycles. The van der Waals surface area contributed by atoms with Crippen molar-refractivity contribution in [2.75, 3.05) is 30.9 Å². The number of carbonyl (C=O) groups excluding carboxylic acids is 1. The summed E-state index contributed by atoms with van der Waals surface area (Å²) >= 11 is 0. The van der Waals surface area contributed by atoms with Gasteiger partial charge in [-0.3, -0.25) is 9.52 Å². The molecule has 190 valence electrons. The third-order valence-electron chi connectivity index (χ3n) is 6.32. The number of rotatable bonds is 6. The first-order valence-electron chi connectivity index (χ1n) is 11.5. The summed E-state index contributed by atoms with van der Waals surface area (Å²) in [5.74, 6) is -0.267. The van der Waals surface area contributed by atoms with Gasteiger partial charge in [0.15, 0.2) is 0 Å². The Morgan fingerprint density at radius 3 is 1.81 bits per heavy atom. The Balaban J connectivity index is 1.48. The predicted octanol–water partition coefficient (Wildman–Crippen LogP) is 3.56. The molecule has 36 heavy (non-hydrogen) atoms. The zero-order chi connectivity index (χ0) is 26.1. The SMILES string of the molecule is Cc1ccc(S(=O)(=O)Nc2cccc(C(=O)N3CCN(S(=O)(=O)c4ccc(C)cc4)CC3)c2C)cc1. The quantitative estimate of drug-likeness (QED) is 0.528. The normalized spacial score (nSPS) is 15.0. The van der Waals surface area contributed by atoms with Crippen molar-refractivity contribution < 1.29 is 21.6 Å². The van der Waals surface area contributed by atoms with Crippen LogP contribution in [0.15, 0.2) is 76.5 Å². The molecule has 0 atom stereocenters. The highest BCUT2D eigenvalue weighted by Crippen LogP contribution is 2.25. The fourth-order valence-electron chi connectivity index (χ4n) is 4.06. The molecule has 1 aliphatic rings. The van der Waals surface area contributed by atoms with E-state index >= 15 is 0 Å². The van der Waals surface area contributed by atoms with E-state index in [1.807, 2.05) is 13.8 Å². The molecule has 1 N–H and O–H groups in total. The molecule has 0 spiro atoms. The lowest BCUT2D eigenvalue weighted by atomic mass is 10.1. The van der Waals surface area contributed by atoms with Crippen molar-refractivity contribution in [1.29, 1.82) is 0 Å². The van der Waals surface area contributed by atoms with E-state index in [0.717, 1.165) is 11.1 Å². The number of amides is 1. The minimum Gasteiger partial charge on any atom is -0.336 e. The van der Waals surface area contributed by atoms with Crippen LogP contribution in [0.3, 0.4) is 0 Å². The number of carbonyl (C=O) groups is 1. The lowest BCUT2D eigenvalue weighted by molar-refractivity contribution is 0.0697. The number of aryl methyl sites for hydroxylation is 2. The third kappa shape index (κ3) is 5.30. The molecule has 1 heterocycles. The molecule has 0 saturated carbocycles. The second-order valence-electron chi connectivity index (χ2n) is 8.91. The number of nitrogens with zero attached hydrogens (tertiary/aromatic N) is 2. The van der Waals surface area contributed by atoms with Gasteiger partial charge in [0.2, 0.25) is 10.0 Å². The first-order valence-corrected chi connectivity index (χ1v) is 14.5. The number of anilines is 1. The zero-order valence-corrected chi connectivity index (χ0v) is 22.1. The average molecular weight is 528 g/mol. The van der Waals surface area contributed by atoms with E-state index < -0.39 is 20.0 Å². The number of benzene rings is 3. The summed E-state index contributed by atoms with van der Waals surface area (Å²) in [6.07, 6.45) is 0. The highest BCUT2D eigenvalue weighted by atomic mass is 32.2. The molecule has 0 radical (unpaired) electrons. The fourth-order valence-corrected chi connectivity index (χ4v) is 6.61. The monoisotopic (exact) mass is 527 g/mol. The highest BCUT2D eigenvalue weighted by Gasteiger charge is 2.31. The van der Waals surface area contributed by atoms with Crippen molar-refractivity contribution >= 4 is 31.6 Å². The van der Waals surface area contributed by atoms with E-state index in [9.17, 15) is 21.6 Å². The second-order valence-corrected chi connectivity index (χ2v) is 12.5. The first kappa shape index (κ1) is 25.9. The number of hydrogen-bond acceptors (Lipinski definition) is 5. The van der Waals surface area contributed by atoms with Gasteiger partial charge in [0.05, 0.1) is 15.5 Å². The standard InChI is InChI=1S/C26H29N3O5S2/c1-19-7-11-22(12-8-19)35(31,32)27-25-6-4-5-24(21(25)3)26(30)28-15-17-29(18-16-28)36(33,34)23-13-9-20(2)10-14-23/h4-14,27H,15-18H2,1-3H3. The molecule has 1 aliphatic heterocycles. The highest BCUT2D eigenvalue weighted by molar-refractivity contribution is 7.92. The Bertz CT molecular complexity index is 1480. The molecular weight excluding hydrogens is 498 g/mol. The summed E-state index contributed by atoms with van der Waals surface area (Å²) in [7, 11) is -7.46. The molecule has 8 nitrogen and oxygen atoms in total. The summed E-state index contributed by atoms with van der Waals surface area (Å²) < 4.78 is 55.6. The summed E-state index contributed by atoms with van der Waals surface area (Å²) in [5.41, 5.74) is 3.12. The molecular formula is C26H29N3O5S2. The van der Waals surface area contributed by atoms with Crippen molar-refractivity contribution in [3.05, 3.63) is 89.0 Å². The molecule has 1 amide bonds. The fraction of sp³-hybridized carbons (Fsp3) is 0.269. The van der Waals surface area contributed by atoms with Gasteiger partial charge in [-0.2, -0.15) is 4.31 Å². The van der Waals surface area contributed by atoms with Gasteiger partial charge in [0.25, 0.3) is 15.9 Å². The van der Waals surface area contributed by atoms with Crippen LogP contribution in [-0.4, -0.2) is 58.1 Å². The van der Waals surface area contributed by atoms with Crippen molar-refractivity contribution in [3.63, 3.8) is 0 Å². The summed E-state index contributed by atoms with van der Waals surface area (Å²) in [4.78, 5) is 15.3. The van der Waals surface area contributed by atoms with Crippen molar-refractivity contribution in [2.45, 2.75) is 30.6 Å². The van der Waals surface area contributed by atoms with Gasteiger partial charge in [-0.05, 0) is 62.7 Å².